The Hall–Kier alpha value is -2.41. The zero-order valence-corrected chi connectivity index (χ0v) is 15.9. The Morgan fingerprint density at radius 2 is 2.00 bits per heavy atom. The fourth-order valence-corrected chi connectivity index (χ4v) is 2.40. The number of hydrogen-bond donors (Lipinski definition) is 2. The van der Waals surface area contributed by atoms with Gasteiger partial charge in [-0.05, 0) is 37.5 Å². The summed E-state index contributed by atoms with van der Waals surface area (Å²) in [4.78, 5) is 8.89. The minimum Gasteiger partial charge on any atom is -0.385 e. The van der Waals surface area contributed by atoms with Crippen molar-refractivity contribution in [2.75, 3.05) is 33.4 Å². The molecule has 0 fully saturated rings. The van der Waals surface area contributed by atoms with Crippen LogP contribution in [0, 0.1) is 0 Å². The van der Waals surface area contributed by atoms with Gasteiger partial charge in [-0.1, -0.05) is 24.2 Å². The highest BCUT2D eigenvalue weighted by Crippen LogP contribution is 2.18. The minimum absolute atomic E-state index is 0.573. The van der Waals surface area contributed by atoms with Gasteiger partial charge in [-0.3, -0.25) is 4.99 Å². The van der Waals surface area contributed by atoms with E-state index in [9.17, 15) is 0 Å². The van der Waals surface area contributed by atoms with Gasteiger partial charge in [0.15, 0.2) is 11.8 Å². The zero-order valence-electron chi connectivity index (χ0n) is 15.9. The van der Waals surface area contributed by atoms with Crippen molar-refractivity contribution in [3.05, 3.63) is 35.7 Å². The number of rotatable bonds is 10. The van der Waals surface area contributed by atoms with Crippen LogP contribution in [-0.4, -0.2) is 49.5 Å². The number of aryl methyl sites for hydroxylation is 1. The van der Waals surface area contributed by atoms with Crippen LogP contribution < -0.4 is 10.6 Å². The molecule has 0 radical (unpaired) electrons. The monoisotopic (exact) mass is 359 g/mol. The van der Waals surface area contributed by atoms with Gasteiger partial charge in [0.05, 0.1) is 0 Å². The Morgan fingerprint density at radius 3 is 2.65 bits per heavy atom. The molecule has 0 spiro atoms. The lowest BCUT2D eigenvalue weighted by Crippen LogP contribution is -2.38. The van der Waals surface area contributed by atoms with Gasteiger partial charge in [-0.15, -0.1) is 0 Å². The van der Waals surface area contributed by atoms with Crippen molar-refractivity contribution in [2.45, 2.75) is 33.1 Å². The number of ether oxygens (including phenoxy) is 1. The molecule has 2 aromatic rings. The maximum Gasteiger partial charge on any atom is 0.257 e. The summed E-state index contributed by atoms with van der Waals surface area (Å²) in [6, 6.07) is 8.23. The van der Waals surface area contributed by atoms with Crippen molar-refractivity contribution in [3.8, 4) is 11.5 Å². The Balaban J connectivity index is 1.82. The largest absolute Gasteiger partial charge is 0.385 e. The van der Waals surface area contributed by atoms with Crippen molar-refractivity contribution in [2.24, 2.45) is 4.99 Å². The molecular formula is C19H29N5O2. The standard InChI is InChI=1S/C19H29N5O2/c1-4-17-23-18(26-24-17)16-9-7-15(8-10-16)11-13-22-19(20-5-2)21-12-6-14-25-3/h7-10H,4-6,11-14H2,1-3H3,(H2,20,21,22). The van der Waals surface area contributed by atoms with Crippen LogP contribution in [0.1, 0.15) is 31.7 Å². The van der Waals surface area contributed by atoms with Crippen molar-refractivity contribution >= 4 is 5.96 Å². The van der Waals surface area contributed by atoms with Gasteiger partial charge < -0.3 is 19.9 Å². The molecule has 0 aliphatic rings. The van der Waals surface area contributed by atoms with Gasteiger partial charge in [0.25, 0.3) is 5.89 Å². The molecule has 7 nitrogen and oxygen atoms in total. The van der Waals surface area contributed by atoms with Gasteiger partial charge in [-0.2, -0.15) is 4.98 Å². The summed E-state index contributed by atoms with van der Waals surface area (Å²) in [5.41, 5.74) is 2.19. The minimum atomic E-state index is 0.573. The van der Waals surface area contributed by atoms with E-state index in [-0.39, 0.29) is 0 Å². The Labute approximate surface area is 155 Å². The Kier molecular flexibility index (Phi) is 8.62. The molecule has 0 unspecified atom stereocenters. The summed E-state index contributed by atoms with van der Waals surface area (Å²) >= 11 is 0. The molecule has 2 N–H and O–H groups in total. The van der Waals surface area contributed by atoms with Crippen LogP contribution in [0.4, 0.5) is 0 Å². The van der Waals surface area contributed by atoms with E-state index in [1.165, 1.54) is 5.56 Å². The fraction of sp³-hybridized carbons (Fsp3) is 0.526. The number of aromatic nitrogens is 2. The van der Waals surface area contributed by atoms with Crippen molar-refractivity contribution in [1.82, 2.24) is 20.8 Å². The highest BCUT2D eigenvalue weighted by atomic mass is 16.5. The molecule has 0 atom stereocenters. The number of nitrogens with zero attached hydrogens (tertiary/aromatic N) is 3. The van der Waals surface area contributed by atoms with Crippen LogP contribution in [-0.2, 0) is 17.6 Å². The third kappa shape index (κ3) is 6.48. The van der Waals surface area contributed by atoms with Crippen LogP contribution >= 0.6 is 0 Å². The third-order valence-corrected chi connectivity index (χ3v) is 3.81. The summed E-state index contributed by atoms with van der Waals surface area (Å²) in [5, 5.41) is 10.5. The molecule has 0 bridgehead atoms. The average Bonchev–Trinajstić information content (AvgIpc) is 3.15. The molecule has 0 amide bonds. The van der Waals surface area contributed by atoms with Crippen LogP contribution in [0.2, 0.25) is 0 Å². The van der Waals surface area contributed by atoms with Crippen molar-refractivity contribution in [3.63, 3.8) is 0 Å². The maximum atomic E-state index is 5.27. The molecule has 26 heavy (non-hydrogen) atoms. The highest BCUT2D eigenvalue weighted by Gasteiger charge is 2.07. The third-order valence-electron chi connectivity index (χ3n) is 3.81. The van der Waals surface area contributed by atoms with Crippen LogP contribution in [0.5, 0.6) is 0 Å². The first-order valence-corrected chi connectivity index (χ1v) is 9.19. The second-order valence-corrected chi connectivity index (χ2v) is 5.85. The van der Waals surface area contributed by atoms with E-state index >= 15 is 0 Å². The zero-order chi connectivity index (χ0) is 18.6. The number of hydrogen-bond acceptors (Lipinski definition) is 5. The summed E-state index contributed by atoms with van der Waals surface area (Å²) in [6.45, 7) is 7.21. The first-order valence-electron chi connectivity index (χ1n) is 9.19. The molecular weight excluding hydrogens is 330 g/mol. The van der Waals surface area contributed by atoms with Gasteiger partial charge in [-0.25, -0.2) is 0 Å². The van der Waals surface area contributed by atoms with Crippen LogP contribution in [0.25, 0.3) is 11.5 Å². The maximum absolute atomic E-state index is 5.27. The van der Waals surface area contributed by atoms with Crippen LogP contribution in [0.3, 0.4) is 0 Å². The highest BCUT2D eigenvalue weighted by molar-refractivity contribution is 5.79. The second-order valence-electron chi connectivity index (χ2n) is 5.85. The lowest BCUT2D eigenvalue weighted by molar-refractivity contribution is 0.197. The SMILES string of the molecule is CCNC(=NCCCOC)NCCc1ccc(-c2nc(CC)no2)cc1. The summed E-state index contributed by atoms with van der Waals surface area (Å²) in [6.07, 6.45) is 2.60. The molecule has 1 heterocycles. The van der Waals surface area contributed by atoms with Crippen molar-refractivity contribution in [1.29, 1.82) is 0 Å². The summed E-state index contributed by atoms with van der Waals surface area (Å²) in [5.74, 6) is 2.15. The predicted octanol–water partition coefficient (Wildman–Crippen LogP) is 2.43. The quantitative estimate of drug-likeness (QED) is 0.385. The van der Waals surface area contributed by atoms with E-state index < -0.39 is 0 Å². The van der Waals surface area contributed by atoms with Gasteiger partial charge in [0.1, 0.15) is 0 Å². The number of benzene rings is 1. The van der Waals surface area contributed by atoms with Crippen molar-refractivity contribution < 1.29 is 9.26 Å². The lowest BCUT2D eigenvalue weighted by Gasteiger charge is -2.11. The van der Waals surface area contributed by atoms with Gasteiger partial charge in [0.2, 0.25) is 0 Å². The first-order chi connectivity index (χ1) is 12.8. The number of methoxy groups -OCH3 is 1. The van der Waals surface area contributed by atoms with Gasteiger partial charge in [0, 0.05) is 45.3 Å². The second kappa shape index (κ2) is 11.3. The van der Waals surface area contributed by atoms with E-state index in [4.69, 9.17) is 9.26 Å². The van der Waals surface area contributed by atoms with E-state index in [1.54, 1.807) is 7.11 Å². The normalized spacial score (nSPS) is 11.6. The fourth-order valence-electron chi connectivity index (χ4n) is 2.40. The number of nitrogens with one attached hydrogen (secondary N) is 2. The number of aliphatic imine (C=N–C) groups is 1. The van der Waals surface area contributed by atoms with Crippen LogP contribution in [0.15, 0.2) is 33.8 Å². The van der Waals surface area contributed by atoms with E-state index in [2.05, 4.69) is 44.8 Å². The summed E-state index contributed by atoms with van der Waals surface area (Å²) < 4.78 is 10.3. The lowest BCUT2D eigenvalue weighted by atomic mass is 10.1. The molecule has 0 aliphatic heterocycles. The average molecular weight is 359 g/mol. The number of guanidine groups is 1. The Morgan fingerprint density at radius 1 is 1.19 bits per heavy atom. The molecule has 142 valence electrons. The summed E-state index contributed by atoms with van der Waals surface area (Å²) in [7, 11) is 1.71. The van der Waals surface area contributed by atoms with E-state index in [0.29, 0.717) is 5.89 Å². The Bertz CT molecular complexity index is 667. The van der Waals surface area contributed by atoms with Gasteiger partial charge >= 0.3 is 0 Å². The molecule has 0 saturated heterocycles. The molecule has 1 aromatic heterocycles. The molecule has 0 saturated carbocycles. The predicted molar refractivity (Wildman–Crippen MR) is 103 cm³/mol. The molecule has 0 aliphatic carbocycles. The smallest absolute Gasteiger partial charge is 0.257 e. The van der Waals surface area contributed by atoms with E-state index in [0.717, 1.165) is 62.9 Å². The molecule has 2 rings (SSSR count). The first kappa shape index (κ1) is 19.9. The topological polar surface area (TPSA) is 84.6 Å². The van der Waals surface area contributed by atoms with E-state index in [1.807, 2.05) is 19.1 Å². The molecule has 1 aromatic carbocycles. The molecule has 7 heteroatoms.